The smallest absolute Gasteiger partial charge is 0.450 e. The van der Waals surface area contributed by atoms with Gasteiger partial charge in [-0.15, -0.1) is 0 Å². The zero-order valence-corrected chi connectivity index (χ0v) is 18.0. The summed E-state index contributed by atoms with van der Waals surface area (Å²) < 4.78 is 47.1. The molecule has 0 radical (unpaired) electrons. The van der Waals surface area contributed by atoms with Gasteiger partial charge in [0.15, 0.2) is 0 Å². The Morgan fingerprint density at radius 3 is 2.19 bits per heavy atom. The van der Waals surface area contributed by atoms with Gasteiger partial charge >= 0.3 is 6.18 Å². The number of nitrogens with zero attached hydrogens (tertiary/aromatic N) is 1. The molecule has 0 spiro atoms. The number of phenols is 1. The second-order valence-corrected chi connectivity index (χ2v) is 7.79. The number of rotatable bonds is 7. The van der Waals surface area contributed by atoms with Crippen molar-refractivity contribution in [1.82, 2.24) is 4.90 Å². The minimum absolute atomic E-state index is 0.0151. The topological polar surface area (TPSA) is 53.7 Å². The minimum atomic E-state index is -4.91. The van der Waals surface area contributed by atoms with E-state index in [0.29, 0.717) is 18.1 Å². The fraction of sp³-hybridized carbons (Fsp3) is 0.348. The monoisotopic (exact) mass is 453 g/mol. The van der Waals surface area contributed by atoms with E-state index in [1.807, 2.05) is 18.7 Å². The van der Waals surface area contributed by atoms with Crippen LogP contribution in [-0.4, -0.2) is 23.1 Å². The van der Waals surface area contributed by atoms with Gasteiger partial charge in [0.1, 0.15) is 11.3 Å². The largest absolute Gasteiger partial charge is 0.507 e. The quantitative estimate of drug-likeness (QED) is 0.446. The van der Waals surface area contributed by atoms with E-state index in [1.165, 1.54) is 36.4 Å². The average Bonchev–Trinajstić information content (AvgIpc) is 2.70. The molecule has 1 heterocycles. The van der Waals surface area contributed by atoms with Crippen molar-refractivity contribution >= 4 is 22.6 Å². The van der Waals surface area contributed by atoms with Gasteiger partial charge in [-0.25, -0.2) is 0 Å². The molecule has 0 bridgehead atoms. The zero-order chi connectivity index (χ0) is 22.8. The Hall–Kier alpha value is -2.51. The molecule has 1 N–H and O–H groups in total. The normalized spacial score (nSPS) is 12.1. The maximum Gasteiger partial charge on any atom is 0.450 e. The van der Waals surface area contributed by atoms with Crippen LogP contribution >= 0.6 is 11.6 Å². The number of fused-ring (bicyclic) bond motifs is 1. The molecule has 0 amide bonds. The van der Waals surface area contributed by atoms with Crippen LogP contribution in [0.1, 0.15) is 38.0 Å². The van der Waals surface area contributed by atoms with E-state index in [4.69, 9.17) is 16.0 Å². The van der Waals surface area contributed by atoms with Gasteiger partial charge in [-0.2, -0.15) is 13.2 Å². The third-order valence-electron chi connectivity index (χ3n) is 4.99. The molecule has 0 fully saturated rings. The number of alkyl halides is 3. The van der Waals surface area contributed by atoms with Gasteiger partial charge in [0.2, 0.25) is 11.2 Å². The fourth-order valence-electron chi connectivity index (χ4n) is 3.66. The van der Waals surface area contributed by atoms with Gasteiger partial charge in [0, 0.05) is 11.6 Å². The van der Waals surface area contributed by atoms with Crippen molar-refractivity contribution < 1.29 is 22.7 Å². The molecule has 0 aliphatic heterocycles. The zero-order valence-electron chi connectivity index (χ0n) is 17.2. The number of benzene rings is 2. The van der Waals surface area contributed by atoms with E-state index in [9.17, 15) is 23.1 Å². The van der Waals surface area contributed by atoms with Crippen molar-refractivity contribution in [3.8, 4) is 16.9 Å². The van der Waals surface area contributed by atoms with Crippen molar-refractivity contribution in [1.29, 1.82) is 0 Å². The highest BCUT2D eigenvalue weighted by molar-refractivity contribution is 6.30. The Kier molecular flexibility index (Phi) is 6.96. The summed E-state index contributed by atoms with van der Waals surface area (Å²) in [6.07, 6.45) is -3.23. The highest BCUT2D eigenvalue weighted by atomic mass is 35.5. The van der Waals surface area contributed by atoms with Crippen LogP contribution in [0.5, 0.6) is 5.75 Å². The summed E-state index contributed by atoms with van der Waals surface area (Å²) in [5, 5.41) is 10.7. The Morgan fingerprint density at radius 2 is 1.65 bits per heavy atom. The number of hydrogen-bond donors (Lipinski definition) is 1. The highest BCUT2D eigenvalue weighted by Gasteiger charge is 2.39. The Bertz CT molecular complexity index is 1120. The SMILES string of the molecule is CCCN(CCC)Cc1c(O)ccc2c(=O)c(-c3ccc(Cl)cc3)c(C(F)(F)F)oc12. The van der Waals surface area contributed by atoms with Gasteiger partial charge in [0.05, 0.1) is 16.5 Å². The van der Waals surface area contributed by atoms with Crippen LogP contribution in [0.15, 0.2) is 45.6 Å². The lowest BCUT2D eigenvalue weighted by atomic mass is 10.00. The molecule has 0 unspecified atom stereocenters. The van der Waals surface area contributed by atoms with E-state index < -0.39 is 22.9 Å². The van der Waals surface area contributed by atoms with Gasteiger partial charge in [-0.1, -0.05) is 37.6 Å². The fourth-order valence-corrected chi connectivity index (χ4v) is 3.79. The maximum absolute atomic E-state index is 13.9. The third kappa shape index (κ3) is 4.88. The molecule has 3 rings (SSSR count). The number of aromatic hydroxyl groups is 1. The van der Waals surface area contributed by atoms with Crippen molar-refractivity contribution in [3.05, 3.63) is 63.0 Å². The summed E-state index contributed by atoms with van der Waals surface area (Å²) in [6.45, 7) is 5.55. The molecule has 4 nitrogen and oxygen atoms in total. The molecule has 0 saturated carbocycles. The number of hydrogen-bond acceptors (Lipinski definition) is 4. The van der Waals surface area contributed by atoms with E-state index in [1.54, 1.807) is 0 Å². The summed E-state index contributed by atoms with van der Waals surface area (Å²) >= 11 is 5.85. The Balaban J connectivity index is 2.30. The number of phenolic OH excluding ortho intramolecular Hbond substituents is 1. The molecule has 0 saturated heterocycles. The highest BCUT2D eigenvalue weighted by Crippen LogP contribution is 2.39. The molecule has 0 aliphatic carbocycles. The van der Waals surface area contributed by atoms with E-state index in [2.05, 4.69) is 0 Å². The van der Waals surface area contributed by atoms with Crippen LogP contribution in [-0.2, 0) is 12.7 Å². The molecule has 31 heavy (non-hydrogen) atoms. The van der Waals surface area contributed by atoms with Gasteiger partial charge < -0.3 is 9.52 Å². The average molecular weight is 454 g/mol. The molecule has 2 aromatic carbocycles. The summed E-state index contributed by atoms with van der Waals surface area (Å²) in [5.41, 5.74) is -1.40. The first kappa shape index (κ1) is 23.2. The molecular formula is C23H23ClF3NO3. The molecule has 0 aliphatic rings. The minimum Gasteiger partial charge on any atom is -0.507 e. The van der Waals surface area contributed by atoms with Crippen molar-refractivity contribution in [2.75, 3.05) is 13.1 Å². The van der Waals surface area contributed by atoms with Gasteiger partial charge in [-0.3, -0.25) is 9.69 Å². The first-order valence-corrected chi connectivity index (χ1v) is 10.4. The predicted molar refractivity (Wildman–Crippen MR) is 115 cm³/mol. The second-order valence-electron chi connectivity index (χ2n) is 7.36. The van der Waals surface area contributed by atoms with Gasteiger partial charge in [0.25, 0.3) is 0 Å². The third-order valence-corrected chi connectivity index (χ3v) is 5.24. The Morgan fingerprint density at radius 1 is 1.03 bits per heavy atom. The number of halogens is 4. The maximum atomic E-state index is 13.9. The molecule has 166 valence electrons. The van der Waals surface area contributed by atoms with Crippen LogP contribution in [0.3, 0.4) is 0 Å². The van der Waals surface area contributed by atoms with Gasteiger partial charge in [-0.05, 0) is 55.8 Å². The summed E-state index contributed by atoms with van der Waals surface area (Å²) in [4.78, 5) is 15.2. The van der Waals surface area contributed by atoms with Crippen molar-refractivity contribution in [2.45, 2.75) is 39.4 Å². The molecule has 8 heteroatoms. The summed E-state index contributed by atoms with van der Waals surface area (Å²) in [7, 11) is 0. The Labute approximate surface area is 182 Å². The standard InChI is InChI=1S/C23H23ClF3NO3/c1-3-11-28(12-4-2)13-17-18(29)10-9-16-20(30)19(14-5-7-15(24)8-6-14)22(23(25,26)27)31-21(16)17/h5-10,29H,3-4,11-13H2,1-2H3. The van der Waals surface area contributed by atoms with E-state index >= 15 is 0 Å². The van der Waals surface area contributed by atoms with Crippen LogP contribution in [0, 0.1) is 0 Å². The van der Waals surface area contributed by atoms with Crippen LogP contribution in [0.2, 0.25) is 5.02 Å². The summed E-state index contributed by atoms with van der Waals surface area (Å²) in [6, 6.07) is 8.14. The first-order chi connectivity index (χ1) is 14.7. The molecule has 3 aromatic rings. The van der Waals surface area contributed by atoms with Crippen molar-refractivity contribution in [3.63, 3.8) is 0 Å². The molecular weight excluding hydrogens is 431 g/mol. The first-order valence-electron chi connectivity index (χ1n) is 10.0. The van der Waals surface area contributed by atoms with E-state index in [-0.39, 0.29) is 34.4 Å². The summed E-state index contributed by atoms with van der Waals surface area (Å²) in [5.74, 6) is -1.60. The van der Waals surface area contributed by atoms with Crippen LogP contribution in [0.4, 0.5) is 13.2 Å². The predicted octanol–water partition coefficient (Wildman–Crippen LogP) is 6.46. The second kappa shape index (κ2) is 9.32. The lowest BCUT2D eigenvalue weighted by molar-refractivity contribution is -0.152. The lowest BCUT2D eigenvalue weighted by Gasteiger charge is -2.22. The van der Waals surface area contributed by atoms with Crippen LogP contribution in [0.25, 0.3) is 22.1 Å². The van der Waals surface area contributed by atoms with E-state index in [0.717, 1.165) is 12.8 Å². The van der Waals surface area contributed by atoms with Crippen molar-refractivity contribution in [2.24, 2.45) is 0 Å². The lowest BCUT2D eigenvalue weighted by Crippen LogP contribution is -2.25. The molecule has 1 aromatic heterocycles. The van der Waals surface area contributed by atoms with Crippen LogP contribution < -0.4 is 5.43 Å². The molecule has 0 atom stereocenters.